The van der Waals surface area contributed by atoms with Gasteiger partial charge in [0.1, 0.15) is 11.3 Å². The van der Waals surface area contributed by atoms with Crippen molar-refractivity contribution in [1.29, 1.82) is 0 Å². The highest BCUT2D eigenvalue weighted by Gasteiger charge is 2.20. The number of aromatic carboxylic acids is 1. The first-order valence-corrected chi connectivity index (χ1v) is 8.53. The number of aryl methyl sites for hydroxylation is 3. The lowest BCUT2D eigenvalue weighted by Gasteiger charge is -2.10. The molecule has 0 aliphatic rings. The molecule has 0 saturated carbocycles. The van der Waals surface area contributed by atoms with Crippen LogP contribution in [0, 0.1) is 13.8 Å². The molecule has 0 aliphatic carbocycles. The number of carbonyl (C=O) groups is 2. The summed E-state index contributed by atoms with van der Waals surface area (Å²) in [6.07, 6.45) is 3.45. The van der Waals surface area contributed by atoms with Crippen LogP contribution in [0.3, 0.4) is 0 Å². The van der Waals surface area contributed by atoms with E-state index in [1.807, 2.05) is 39.1 Å². The van der Waals surface area contributed by atoms with Gasteiger partial charge in [-0.2, -0.15) is 0 Å². The van der Waals surface area contributed by atoms with Crippen LogP contribution in [0.1, 0.15) is 51.0 Å². The number of imidazole rings is 1. The predicted octanol–water partition coefficient (Wildman–Crippen LogP) is 3.85. The molecule has 2 N–H and O–H groups in total. The van der Waals surface area contributed by atoms with E-state index in [-0.39, 0.29) is 11.5 Å². The van der Waals surface area contributed by atoms with Gasteiger partial charge < -0.3 is 10.4 Å². The minimum Gasteiger partial charge on any atom is -0.478 e. The van der Waals surface area contributed by atoms with E-state index in [1.165, 1.54) is 12.1 Å². The Morgan fingerprint density at radius 3 is 2.65 bits per heavy atom. The van der Waals surface area contributed by atoms with Gasteiger partial charge in [0.05, 0.1) is 11.3 Å². The molecule has 0 saturated heterocycles. The van der Waals surface area contributed by atoms with Crippen molar-refractivity contribution in [1.82, 2.24) is 9.38 Å². The normalized spacial score (nSPS) is 10.9. The van der Waals surface area contributed by atoms with Gasteiger partial charge in [-0.3, -0.25) is 9.20 Å². The second-order valence-electron chi connectivity index (χ2n) is 6.38. The molecule has 0 unspecified atom stereocenters. The SMILES string of the molecule is CCCc1nc2ccc(C)cn2c1C(=O)Nc1cc(C(=O)O)ccc1C. The molecule has 0 bridgehead atoms. The number of nitrogens with zero attached hydrogens (tertiary/aromatic N) is 2. The summed E-state index contributed by atoms with van der Waals surface area (Å²) in [5, 5.41) is 12.0. The number of benzene rings is 1. The minimum absolute atomic E-state index is 0.133. The molecule has 2 heterocycles. The van der Waals surface area contributed by atoms with Gasteiger partial charge in [0.15, 0.2) is 0 Å². The zero-order valence-corrected chi connectivity index (χ0v) is 15.0. The van der Waals surface area contributed by atoms with Crippen LogP contribution in [-0.4, -0.2) is 26.4 Å². The fraction of sp³-hybridized carbons (Fsp3) is 0.250. The number of fused-ring (bicyclic) bond motifs is 1. The van der Waals surface area contributed by atoms with Gasteiger partial charge in [0, 0.05) is 11.9 Å². The largest absolute Gasteiger partial charge is 0.478 e. The Balaban J connectivity index is 2.05. The van der Waals surface area contributed by atoms with Gasteiger partial charge in [-0.1, -0.05) is 25.5 Å². The van der Waals surface area contributed by atoms with Crippen LogP contribution < -0.4 is 5.32 Å². The maximum absolute atomic E-state index is 13.0. The summed E-state index contributed by atoms with van der Waals surface area (Å²) < 4.78 is 1.80. The van der Waals surface area contributed by atoms with Gasteiger partial charge in [0.2, 0.25) is 0 Å². The van der Waals surface area contributed by atoms with Gasteiger partial charge >= 0.3 is 5.97 Å². The summed E-state index contributed by atoms with van der Waals surface area (Å²) >= 11 is 0. The third kappa shape index (κ3) is 3.31. The maximum Gasteiger partial charge on any atom is 0.335 e. The number of carboxylic acid groups (broad SMARTS) is 1. The summed E-state index contributed by atoms with van der Waals surface area (Å²) in [5.74, 6) is -1.32. The van der Waals surface area contributed by atoms with Crippen LogP contribution in [0.2, 0.25) is 0 Å². The van der Waals surface area contributed by atoms with E-state index in [4.69, 9.17) is 0 Å². The molecule has 0 aliphatic heterocycles. The first kappa shape index (κ1) is 17.7. The van der Waals surface area contributed by atoms with E-state index in [9.17, 15) is 14.7 Å². The topological polar surface area (TPSA) is 83.7 Å². The second kappa shape index (κ2) is 7.00. The van der Waals surface area contributed by atoms with Gasteiger partial charge in [0.25, 0.3) is 5.91 Å². The molecule has 3 aromatic rings. The van der Waals surface area contributed by atoms with Crippen LogP contribution in [0.4, 0.5) is 5.69 Å². The Kier molecular flexibility index (Phi) is 4.75. The van der Waals surface area contributed by atoms with E-state index in [1.54, 1.807) is 10.5 Å². The van der Waals surface area contributed by atoms with Crippen LogP contribution in [0.5, 0.6) is 0 Å². The number of anilines is 1. The molecule has 134 valence electrons. The van der Waals surface area contributed by atoms with Crippen molar-refractivity contribution in [2.75, 3.05) is 5.32 Å². The highest BCUT2D eigenvalue weighted by atomic mass is 16.4. The van der Waals surface area contributed by atoms with Gasteiger partial charge in [-0.05, 0) is 49.6 Å². The predicted molar refractivity (Wildman–Crippen MR) is 100 cm³/mol. The second-order valence-corrected chi connectivity index (χ2v) is 6.38. The van der Waals surface area contributed by atoms with E-state index in [0.29, 0.717) is 17.8 Å². The van der Waals surface area contributed by atoms with E-state index in [0.717, 1.165) is 28.9 Å². The summed E-state index contributed by atoms with van der Waals surface area (Å²) in [6.45, 7) is 5.82. The Hall–Kier alpha value is -3.15. The number of amides is 1. The number of hydrogen-bond donors (Lipinski definition) is 2. The molecule has 6 heteroatoms. The molecule has 0 radical (unpaired) electrons. The summed E-state index contributed by atoms with van der Waals surface area (Å²) in [6, 6.07) is 8.53. The maximum atomic E-state index is 13.0. The quantitative estimate of drug-likeness (QED) is 0.731. The summed E-state index contributed by atoms with van der Waals surface area (Å²) in [7, 11) is 0. The van der Waals surface area contributed by atoms with Crippen molar-refractivity contribution in [3.8, 4) is 0 Å². The van der Waals surface area contributed by atoms with Crippen LogP contribution in [0.15, 0.2) is 36.5 Å². The zero-order chi connectivity index (χ0) is 18.8. The number of pyridine rings is 1. The lowest BCUT2D eigenvalue weighted by Crippen LogP contribution is -2.17. The molecule has 0 atom stereocenters. The Morgan fingerprint density at radius 1 is 1.19 bits per heavy atom. The monoisotopic (exact) mass is 351 g/mol. The van der Waals surface area contributed by atoms with E-state index in [2.05, 4.69) is 10.3 Å². The lowest BCUT2D eigenvalue weighted by atomic mass is 10.1. The summed E-state index contributed by atoms with van der Waals surface area (Å²) in [5.41, 5.74) is 4.39. The molecule has 3 rings (SSSR count). The van der Waals surface area contributed by atoms with Gasteiger partial charge in [-0.15, -0.1) is 0 Å². The van der Waals surface area contributed by atoms with Crippen molar-refractivity contribution in [3.63, 3.8) is 0 Å². The molecule has 1 aromatic carbocycles. The first-order valence-electron chi connectivity index (χ1n) is 8.53. The number of rotatable bonds is 5. The number of carbonyl (C=O) groups excluding carboxylic acids is 1. The van der Waals surface area contributed by atoms with Crippen LogP contribution in [0.25, 0.3) is 5.65 Å². The third-order valence-electron chi connectivity index (χ3n) is 4.27. The average Bonchev–Trinajstić information content (AvgIpc) is 2.94. The fourth-order valence-corrected chi connectivity index (χ4v) is 2.92. The third-order valence-corrected chi connectivity index (χ3v) is 4.27. The summed E-state index contributed by atoms with van der Waals surface area (Å²) in [4.78, 5) is 28.8. The van der Waals surface area contributed by atoms with E-state index < -0.39 is 5.97 Å². The number of aromatic nitrogens is 2. The van der Waals surface area contributed by atoms with Crippen LogP contribution in [-0.2, 0) is 6.42 Å². The number of nitrogens with one attached hydrogen (secondary N) is 1. The molecular weight excluding hydrogens is 330 g/mol. The highest BCUT2D eigenvalue weighted by Crippen LogP contribution is 2.21. The van der Waals surface area contributed by atoms with Crippen molar-refractivity contribution in [2.24, 2.45) is 0 Å². The molecule has 6 nitrogen and oxygen atoms in total. The Labute approximate surface area is 151 Å². The lowest BCUT2D eigenvalue weighted by molar-refractivity contribution is 0.0696. The zero-order valence-electron chi connectivity index (χ0n) is 15.0. The molecule has 0 spiro atoms. The van der Waals surface area contributed by atoms with Crippen molar-refractivity contribution >= 4 is 23.2 Å². The van der Waals surface area contributed by atoms with E-state index >= 15 is 0 Å². The molecule has 1 amide bonds. The fourth-order valence-electron chi connectivity index (χ4n) is 2.92. The minimum atomic E-state index is -1.03. The van der Waals surface area contributed by atoms with Crippen LogP contribution >= 0.6 is 0 Å². The average molecular weight is 351 g/mol. The van der Waals surface area contributed by atoms with Crippen molar-refractivity contribution in [3.05, 3.63) is 64.6 Å². The molecule has 0 fully saturated rings. The van der Waals surface area contributed by atoms with Crippen molar-refractivity contribution in [2.45, 2.75) is 33.6 Å². The molecule has 2 aromatic heterocycles. The highest BCUT2D eigenvalue weighted by molar-refractivity contribution is 6.05. The first-order chi connectivity index (χ1) is 12.4. The van der Waals surface area contributed by atoms with Gasteiger partial charge in [-0.25, -0.2) is 9.78 Å². The Morgan fingerprint density at radius 2 is 1.96 bits per heavy atom. The smallest absolute Gasteiger partial charge is 0.335 e. The molecular formula is C20H21N3O3. The Bertz CT molecular complexity index is 1000. The standard InChI is InChI=1S/C20H21N3O3/c1-4-5-15-18(23-11-12(2)6-9-17(23)21-15)19(24)22-16-10-14(20(25)26)8-7-13(16)3/h6-11H,4-5H2,1-3H3,(H,22,24)(H,25,26). The molecule has 26 heavy (non-hydrogen) atoms. The van der Waals surface area contributed by atoms with Crippen molar-refractivity contribution < 1.29 is 14.7 Å². The number of carboxylic acids is 1. The number of hydrogen-bond acceptors (Lipinski definition) is 3.